The van der Waals surface area contributed by atoms with E-state index < -0.39 is 17.6 Å². The van der Waals surface area contributed by atoms with Crippen LogP contribution in [0.3, 0.4) is 0 Å². The molecule has 242 valence electrons. The number of anilines is 1. The molecule has 45 heavy (non-hydrogen) atoms. The van der Waals surface area contributed by atoms with Crippen molar-refractivity contribution in [3.8, 4) is 17.2 Å². The summed E-state index contributed by atoms with van der Waals surface area (Å²) in [7, 11) is 4.68. The van der Waals surface area contributed by atoms with Crippen LogP contribution in [0.2, 0.25) is 0 Å². The molecule has 11 nitrogen and oxygen atoms in total. The third kappa shape index (κ3) is 8.71. The highest BCUT2D eigenvalue weighted by Gasteiger charge is 2.36. The van der Waals surface area contributed by atoms with Gasteiger partial charge < -0.3 is 38.5 Å². The second-order valence-corrected chi connectivity index (χ2v) is 11.9. The average molecular weight is 622 g/mol. The molecule has 1 aliphatic rings. The number of nitrogens with one attached hydrogen (secondary N) is 1. The van der Waals surface area contributed by atoms with Crippen molar-refractivity contribution in [2.75, 3.05) is 45.9 Å². The highest BCUT2D eigenvalue weighted by molar-refractivity contribution is 6.15. The maximum Gasteiger partial charge on any atom is 0.410 e. The molecule has 3 aromatic rings. The maximum atomic E-state index is 14.2. The van der Waals surface area contributed by atoms with Gasteiger partial charge in [0.15, 0.2) is 11.8 Å². The first-order chi connectivity index (χ1) is 21.5. The molecule has 2 heterocycles. The van der Waals surface area contributed by atoms with Crippen LogP contribution in [0.15, 0.2) is 65.5 Å². The number of rotatable bonds is 12. The fourth-order valence-electron chi connectivity index (χ4n) is 5.22. The lowest BCUT2D eigenvalue weighted by Gasteiger charge is -2.34. The van der Waals surface area contributed by atoms with E-state index in [4.69, 9.17) is 23.4 Å². The van der Waals surface area contributed by atoms with E-state index in [2.05, 4.69) is 5.32 Å². The summed E-state index contributed by atoms with van der Waals surface area (Å²) >= 11 is 0. The van der Waals surface area contributed by atoms with Gasteiger partial charge >= 0.3 is 6.09 Å². The molecule has 1 fully saturated rings. The molecule has 0 spiro atoms. The molecule has 0 radical (unpaired) electrons. The van der Waals surface area contributed by atoms with Crippen LogP contribution in [0.1, 0.15) is 49.5 Å². The molecule has 0 bridgehead atoms. The Kier molecular flexibility index (Phi) is 11.0. The van der Waals surface area contributed by atoms with E-state index in [0.717, 1.165) is 5.56 Å². The quantitative estimate of drug-likeness (QED) is 0.211. The molecule has 0 saturated carbocycles. The molecular formula is C34H43N3O8. The predicted octanol–water partition coefficient (Wildman–Crippen LogP) is 5.33. The van der Waals surface area contributed by atoms with Gasteiger partial charge in [-0.3, -0.25) is 9.59 Å². The Bertz CT molecular complexity index is 1420. The third-order valence-corrected chi connectivity index (χ3v) is 7.69. The van der Waals surface area contributed by atoms with Crippen LogP contribution in [0.25, 0.3) is 0 Å². The van der Waals surface area contributed by atoms with Crippen molar-refractivity contribution in [3.05, 3.63) is 72.2 Å². The molecule has 1 unspecified atom stereocenters. The number of likely N-dealkylation sites (tertiary alicyclic amines) is 1. The van der Waals surface area contributed by atoms with Gasteiger partial charge in [0.25, 0.3) is 5.91 Å². The summed E-state index contributed by atoms with van der Waals surface area (Å²) in [4.78, 5) is 44.1. The van der Waals surface area contributed by atoms with Gasteiger partial charge in [-0.1, -0.05) is 0 Å². The highest BCUT2D eigenvalue weighted by atomic mass is 16.6. The van der Waals surface area contributed by atoms with Gasteiger partial charge in [-0.25, -0.2) is 4.79 Å². The Balaban J connectivity index is 1.58. The van der Waals surface area contributed by atoms with Crippen LogP contribution < -0.4 is 24.4 Å². The Morgan fingerprint density at radius 2 is 1.62 bits per heavy atom. The van der Waals surface area contributed by atoms with Crippen molar-refractivity contribution >= 4 is 23.5 Å². The van der Waals surface area contributed by atoms with Gasteiger partial charge in [-0.2, -0.15) is 0 Å². The molecule has 1 N–H and O–H groups in total. The topological polar surface area (TPSA) is 120 Å². The number of hydrogen-bond donors (Lipinski definition) is 1. The number of amides is 2. The van der Waals surface area contributed by atoms with Crippen molar-refractivity contribution < 1.29 is 37.7 Å². The van der Waals surface area contributed by atoms with Crippen molar-refractivity contribution in [2.45, 2.75) is 51.8 Å². The summed E-state index contributed by atoms with van der Waals surface area (Å²) in [6, 6.07) is 12.6. The van der Waals surface area contributed by atoms with Crippen LogP contribution in [0.4, 0.5) is 10.5 Å². The number of carbonyl (C=O) groups is 3. The summed E-state index contributed by atoms with van der Waals surface area (Å²) in [5, 5.41) is 3.04. The molecule has 1 aromatic heterocycles. The van der Waals surface area contributed by atoms with E-state index in [1.165, 1.54) is 12.5 Å². The van der Waals surface area contributed by atoms with E-state index in [1.54, 1.807) is 73.6 Å². The van der Waals surface area contributed by atoms with E-state index in [1.807, 2.05) is 26.8 Å². The van der Waals surface area contributed by atoms with Crippen LogP contribution in [-0.4, -0.2) is 75.3 Å². The minimum absolute atomic E-state index is 0.133. The smallest absolute Gasteiger partial charge is 0.410 e. The van der Waals surface area contributed by atoms with E-state index >= 15 is 0 Å². The van der Waals surface area contributed by atoms with Gasteiger partial charge in [-0.05, 0) is 82.0 Å². The molecule has 1 atom stereocenters. The second kappa shape index (κ2) is 14.9. The first-order valence-electron chi connectivity index (χ1n) is 15.0. The molecule has 4 rings (SSSR count). The molecule has 2 aromatic carbocycles. The number of benzene rings is 2. The lowest BCUT2D eigenvalue weighted by molar-refractivity contribution is -0.121. The van der Waals surface area contributed by atoms with Gasteiger partial charge in [0.05, 0.1) is 33.3 Å². The summed E-state index contributed by atoms with van der Waals surface area (Å²) < 4.78 is 27.2. The van der Waals surface area contributed by atoms with Crippen LogP contribution in [0, 0.1) is 5.92 Å². The number of nitrogens with zero attached hydrogens (tertiary/aromatic N) is 2. The first kappa shape index (κ1) is 33.2. The Morgan fingerprint density at radius 1 is 0.956 bits per heavy atom. The fourth-order valence-corrected chi connectivity index (χ4v) is 5.22. The Hall–Kier alpha value is -4.67. The number of hydrogen-bond acceptors (Lipinski definition) is 9. The number of Topliss-reactive ketones (excluding diaryl/α,β-unsaturated/α-hetero) is 1. The molecular weight excluding hydrogens is 578 g/mol. The fraction of sp³-hybridized carbons (Fsp3) is 0.441. The molecule has 2 amide bonds. The predicted molar refractivity (Wildman–Crippen MR) is 169 cm³/mol. The van der Waals surface area contributed by atoms with Gasteiger partial charge in [0.2, 0.25) is 0 Å². The average Bonchev–Trinajstić information content (AvgIpc) is 3.58. The number of piperidine rings is 1. The molecule has 0 aliphatic carbocycles. The van der Waals surface area contributed by atoms with Crippen molar-refractivity contribution in [1.82, 2.24) is 10.2 Å². The SMILES string of the molecule is COc1ccc(C(=O)C(C(=O)NCC2CCN(C(=O)OC(C)(C)C)CC2)N(Cc2ccc(OC)cc2OC)c2ccoc2)cc1. The Morgan fingerprint density at radius 3 is 2.20 bits per heavy atom. The summed E-state index contributed by atoms with van der Waals surface area (Å²) in [5.41, 5.74) is 1.09. The van der Waals surface area contributed by atoms with Gasteiger partial charge in [0, 0.05) is 43.4 Å². The van der Waals surface area contributed by atoms with Crippen molar-refractivity contribution in [1.29, 1.82) is 0 Å². The zero-order valence-corrected chi connectivity index (χ0v) is 26.8. The van der Waals surface area contributed by atoms with Crippen LogP contribution in [-0.2, 0) is 16.1 Å². The van der Waals surface area contributed by atoms with Crippen molar-refractivity contribution in [2.24, 2.45) is 5.92 Å². The van der Waals surface area contributed by atoms with Gasteiger partial charge in [0.1, 0.15) is 29.1 Å². The summed E-state index contributed by atoms with van der Waals surface area (Å²) in [6.07, 6.45) is 4.07. The summed E-state index contributed by atoms with van der Waals surface area (Å²) in [5.74, 6) is 1.07. The minimum Gasteiger partial charge on any atom is -0.497 e. The highest BCUT2D eigenvalue weighted by Crippen LogP contribution is 2.30. The van der Waals surface area contributed by atoms with E-state index in [0.29, 0.717) is 61.0 Å². The lowest BCUT2D eigenvalue weighted by Crippen LogP contribution is -2.53. The minimum atomic E-state index is -1.23. The normalized spacial score (nSPS) is 14.3. The lowest BCUT2D eigenvalue weighted by atomic mass is 9.96. The third-order valence-electron chi connectivity index (χ3n) is 7.69. The van der Waals surface area contributed by atoms with Crippen LogP contribution in [0.5, 0.6) is 17.2 Å². The zero-order chi connectivity index (χ0) is 32.6. The first-order valence-corrected chi connectivity index (χ1v) is 15.0. The van der Waals surface area contributed by atoms with Crippen LogP contribution >= 0.6 is 0 Å². The molecule has 11 heteroatoms. The number of furan rings is 1. The zero-order valence-electron chi connectivity index (χ0n) is 26.8. The standard InChI is InChI=1S/C34H43N3O8/c1-34(2,3)45-33(40)36-16-13-23(14-17-36)20-35-32(39)30(31(38)24-7-10-27(41-4)11-8-24)37(26-15-18-44-22-26)21-25-9-12-28(42-5)19-29(25)43-6/h7-12,15,18-19,22-23,30H,13-14,16-17,20-21H2,1-6H3,(H,35,39). The number of ketones is 1. The number of methoxy groups -OCH3 is 3. The van der Waals surface area contributed by atoms with Crippen molar-refractivity contribution in [3.63, 3.8) is 0 Å². The number of carbonyl (C=O) groups excluding carboxylic acids is 3. The molecule has 1 saturated heterocycles. The second-order valence-electron chi connectivity index (χ2n) is 11.9. The largest absolute Gasteiger partial charge is 0.497 e. The number of ether oxygens (including phenoxy) is 4. The molecule has 1 aliphatic heterocycles. The monoisotopic (exact) mass is 621 g/mol. The van der Waals surface area contributed by atoms with Gasteiger partial charge in [-0.15, -0.1) is 0 Å². The maximum absolute atomic E-state index is 14.2. The Labute approximate surface area is 264 Å². The van der Waals surface area contributed by atoms with E-state index in [9.17, 15) is 14.4 Å². The van der Waals surface area contributed by atoms with E-state index in [-0.39, 0.29) is 24.3 Å². The summed E-state index contributed by atoms with van der Waals surface area (Å²) in [6.45, 7) is 7.11.